The molecule has 2 aromatic rings. The van der Waals surface area contributed by atoms with Crippen molar-refractivity contribution in [2.75, 3.05) is 20.8 Å². The minimum atomic E-state index is -0.808. The molecule has 3 rings (SSSR count). The summed E-state index contributed by atoms with van der Waals surface area (Å²) in [5.41, 5.74) is 2.00. The zero-order valence-electron chi connectivity index (χ0n) is 14.0. The largest absolute Gasteiger partial charge is 0.465 e. The number of carbonyl (C=O) groups is 3. The van der Waals surface area contributed by atoms with Crippen LogP contribution in [-0.2, 0) is 9.47 Å². The van der Waals surface area contributed by atoms with Crippen molar-refractivity contribution >= 4 is 18.0 Å². The maximum atomic E-state index is 12.3. The number of ether oxygens (including phenoxy) is 2. The molecule has 0 fully saturated rings. The van der Waals surface area contributed by atoms with E-state index in [9.17, 15) is 14.4 Å². The van der Waals surface area contributed by atoms with Gasteiger partial charge in [-0.25, -0.2) is 14.4 Å². The molecule has 25 heavy (non-hydrogen) atoms. The van der Waals surface area contributed by atoms with Crippen molar-refractivity contribution in [3.8, 4) is 0 Å². The van der Waals surface area contributed by atoms with E-state index in [4.69, 9.17) is 4.74 Å². The van der Waals surface area contributed by atoms with E-state index in [2.05, 4.69) is 15.2 Å². The van der Waals surface area contributed by atoms with E-state index < -0.39 is 18.0 Å². The minimum absolute atomic E-state index is 0.0465. The van der Waals surface area contributed by atoms with Crippen molar-refractivity contribution in [1.29, 1.82) is 0 Å². The third-order valence-electron chi connectivity index (χ3n) is 4.15. The van der Waals surface area contributed by atoms with E-state index in [0.29, 0.717) is 5.69 Å². The summed E-state index contributed by atoms with van der Waals surface area (Å²) in [5.74, 6) is -1.90. The Bertz CT molecular complexity index is 854. The zero-order chi connectivity index (χ0) is 18.1. The van der Waals surface area contributed by atoms with E-state index in [-0.39, 0.29) is 23.7 Å². The Labute approximate surface area is 143 Å². The number of methoxy groups -OCH3 is 2. The molecule has 0 saturated carbocycles. The van der Waals surface area contributed by atoms with E-state index in [0.717, 1.165) is 15.8 Å². The van der Waals surface area contributed by atoms with Crippen LogP contribution in [0.15, 0.2) is 24.3 Å². The topological polar surface area (TPSA) is 99.5 Å². The highest BCUT2D eigenvalue weighted by atomic mass is 16.5. The molecule has 0 saturated heterocycles. The number of fused-ring (bicyclic) bond motifs is 1. The number of hydrogen-bond acceptors (Lipinski definition) is 6. The summed E-state index contributed by atoms with van der Waals surface area (Å²) in [6, 6.07) is 7.18. The van der Waals surface area contributed by atoms with Gasteiger partial charge in [0.25, 0.3) is 0 Å². The van der Waals surface area contributed by atoms with Crippen molar-refractivity contribution < 1.29 is 23.9 Å². The lowest BCUT2D eigenvalue weighted by molar-refractivity contribution is 0.0551. The number of nitrogens with zero attached hydrogens (tertiary/aromatic N) is 2. The number of esters is 2. The maximum absolute atomic E-state index is 12.3. The third-order valence-corrected chi connectivity index (χ3v) is 4.15. The van der Waals surface area contributed by atoms with E-state index in [1.165, 1.54) is 14.2 Å². The quantitative estimate of drug-likeness (QED) is 0.847. The number of aryl methyl sites for hydroxylation is 1. The van der Waals surface area contributed by atoms with Crippen LogP contribution in [0.25, 0.3) is 0 Å². The van der Waals surface area contributed by atoms with Gasteiger partial charge in [0.2, 0.25) is 0 Å². The van der Waals surface area contributed by atoms with Crippen LogP contribution >= 0.6 is 0 Å². The molecule has 1 aromatic heterocycles. The first-order valence-corrected chi connectivity index (χ1v) is 7.62. The maximum Gasteiger partial charge on any atom is 0.359 e. The van der Waals surface area contributed by atoms with Crippen molar-refractivity contribution in [2.45, 2.75) is 12.8 Å². The van der Waals surface area contributed by atoms with Crippen molar-refractivity contribution in [1.82, 2.24) is 15.1 Å². The summed E-state index contributed by atoms with van der Waals surface area (Å²) in [4.78, 5) is 36.5. The molecule has 130 valence electrons. The van der Waals surface area contributed by atoms with Gasteiger partial charge in [-0.1, -0.05) is 29.8 Å². The molecule has 1 atom stereocenters. The summed E-state index contributed by atoms with van der Waals surface area (Å²) in [6.07, 6.45) is 0. The lowest BCUT2D eigenvalue weighted by Gasteiger charge is -2.25. The molecular formula is C17H17N3O5. The predicted molar refractivity (Wildman–Crippen MR) is 86.7 cm³/mol. The van der Waals surface area contributed by atoms with Gasteiger partial charge in [0.05, 0.1) is 19.9 Å². The number of nitrogens with one attached hydrogen (secondary N) is 1. The molecule has 1 aliphatic heterocycles. The van der Waals surface area contributed by atoms with Crippen LogP contribution in [0.5, 0.6) is 0 Å². The molecule has 8 heteroatoms. The number of carbonyl (C=O) groups excluding carboxylic acids is 3. The fraction of sp³-hybridized carbons (Fsp3) is 0.294. The van der Waals surface area contributed by atoms with Crippen LogP contribution in [0.1, 0.15) is 43.6 Å². The lowest BCUT2D eigenvalue weighted by Crippen LogP contribution is -2.41. The fourth-order valence-corrected chi connectivity index (χ4v) is 2.89. The second-order valence-corrected chi connectivity index (χ2v) is 5.65. The Morgan fingerprint density at radius 3 is 2.40 bits per heavy atom. The van der Waals surface area contributed by atoms with Gasteiger partial charge in [-0.2, -0.15) is 9.78 Å². The molecule has 1 aromatic carbocycles. The number of rotatable bonds is 3. The number of hydrogen-bond donors (Lipinski definition) is 1. The molecule has 2 heterocycles. The standard InChI is InChI=1S/C17H17N3O5/c1-9-4-6-10(7-5-9)11-8-18-17(23)20-14(11)12(15(21)24-2)13(19-20)16(22)25-3/h4-7,11H,8H2,1-3H3,(H,18,23). The van der Waals surface area contributed by atoms with Gasteiger partial charge in [0, 0.05) is 12.5 Å². The van der Waals surface area contributed by atoms with Crippen LogP contribution in [0.3, 0.4) is 0 Å². The van der Waals surface area contributed by atoms with E-state index in [1.54, 1.807) is 0 Å². The van der Waals surface area contributed by atoms with Gasteiger partial charge >= 0.3 is 18.0 Å². The molecule has 1 unspecified atom stereocenters. The molecule has 1 N–H and O–H groups in total. The zero-order valence-corrected chi connectivity index (χ0v) is 14.0. The van der Waals surface area contributed by atoms with Crippen molar-refractivity contribution in [3.05, 3.63) is 52.3 Å². The SMILES string of the molecule is COC(=O)c1nn2c(c1C(=O)OC)C(c1ccc(C)cc1)CNC2=O. The summed E-state index contributed by atoms with van der Waals surface area (Å²) < 4.78 is 10.5. The minimum Gasteiger partial charge on any atom is -0.465 e. The summed E-state index contributed by atoms with van der Waals surface area (Å²) in [7, 11) is 2.39. The Hall–Kier alpha value is -3.16. The Balaban J connectivity index is 2.24. The molecule has 0 bridgehead atoms. The molecule has 1 aliphatic rings. The van der Waals surface area contributed by atoms with Crippen LogP contribution in [0.4, 0.5) is 4.79 Å². The fourth-order valence-electron chi connectivity index (χ4n) is 2.89. The van der Waals surface area contributed by atoms with Crippen LogP contribution in [0, 0.1) is 6.92 Å². The second-order valence-electron chi connectivity index (χ2n) is 5.65. The summed E-state index contributed by atoms with van der Waals surface area (Å²) in [6.45, 7) is 2.24. The van der Waals surface area contributed by atoms with E-state index in [1.807, 2.05) is 31.2 Å². The van der Waals surface area contributed by atoms with Gasteiger partial charge in [-0.3, -0.25) is 0 Å². The third kappa shape index (κ3) is 2.75. The molecule has 0 radical (unpaired) electrons. The Morgan fingerprint density at radius 2 is 1.80 bits per heavy atom. The molecule has 8 nitrogen and oxygen atoms in total. The smallest absolute Gasteiger partial charge is 0.359 e. The highest BCUT2D eigenvalue weighted by Gasteiger charge is 2.38. The van der Waals surface area contributed by atoms with Gasteiger partial charge in [-0.15, -0.1) is 0 Å². The van der Waals surface area contributed by atoms with Crippen molar-refractivity contribution in [3.63, 3.8) is 0 Å². The summed E-state index contributed by atoms with van der Waals surface area (Å²) >= 11 is 0. The van der Waals surface area contributed by atoms with Gasteiger partial charge < -0.3 is 14.8 Å². The van der Waals surface area contributed by atoms with Gasteiger partial charge in [0.15, 0.2) is 5.69 Å². The van der Waals surface area contributed by atoms with Crippen LogP contribution in [0.2, 0.25) is 0 Å². The second kappa shape index (κ2) is 6.39. The highest BCUT2D eigenvalue weighted by Crippen LogP contribution is 2.32. The number of benzene rings is 1. The first-order chi connectivity index (χ1) is 12.0. The molecular weight excluding hydrogens is 326 g/mol. The van der Waals surface area contributed by atoms with Gasteiger partial charge in [0.1, 0.15) is 5.56 Å². The van der Waals surface area contributed by atoms with Gasteiger partial charge in [-0.05, 0) is 12.5 Å². The number of aromatic nitrogens is 2. The van der Waals surface area contributed by atoms with Crippen LogP contribution in [-0.4, -0.2) is 48.5 Å². The lowest BCUT2D eigenvalue weighted by atomic mass is 9.90. The molecule has 1 amide bonds. The van der Waals surface area contributed by atoms with Crippen LogP contribution < -0.4 is 5.32 Å². The van der Waals surface area contributed by atoms with Crippen molar-refractivity contribution in [2.24, 2.45) is 0 Å². The Kier molecular flexibility index (Phi) is 4.26. The predicted octanol–water partition coefficient (Wildman–Crippen LogP) is 1.47. The number of amides is 1. The average Bonchev–Trinajstić information content (AvgIpc) is 3.03. The average molecular weight is 343 g/mol. The first kappa shape index (κ1) is 16.7. The summed E-state index contributed by atoms with van der Waals surface area (Å²) in [5, 5.41) is 6.71. The first-order valence-electron chi connectivity index (χ1n) is 7.62. The van der Waals surface area contributed by atoms with E-state index >= 15 is 0 Å². The monoisotopic (exact) mass is 343 g/mol. The molecule has 0 spiro atoms. The highest BCUT2D eigenvalue weighted by molar-refractivity contribution is 6.04. The molecule has 0 aliphatic carbocycles. The Morgan fingerprint density at radius 1 is 1.16 bits per heavy atom. The normalized spacial score (nSPS) is 16.0.